The quantitative estimate of drug-likeness (QED) is 0.553. The molecule has 0 saturated carbocycles. The summed E-state index contributed by atoms with van der Waals surface area (Å²) in [6.45, 7) is 5.97. The molecule has 0 aliphatic carbocycles. The first kappa shape index (κ1) is 19.1. The number of fused-ring (bicyclic) bond motifs is 1. The fraction of sp³-hybridized carbons (Fsp3) is 0.300. The van der Waals surface area contributed by atoms with Crippen molar-refractivity contribution in [2.24, 2.45) is 0 Å². The first-order valence-corrected chi connectivity index (χ1v) is 9.67. The fourth-order valence-corrected chi connectivity index (χ4v) is 3.40. The number of nitrogens with one attached hydrogen (secondary N) is 1. The maximum absolute atomic E-state index is 12.7. The minimum absolute atomic E-state index is 0.258. The Morgan fingerprint density at radius 1 is 1.07 bits per heavy atom. The summed E-state index contributed by atoms with van der Waals surface area (Å²) >= 11 is 1.41. The van der Waals surface area contributed by atoms with Crippen molar-refractivity contribution in [3.8, 4) is 11.5 Å². The molecule has 0 radical (unpaired) electrons. The number of nitrogens with zero attached hydrogens (tertiary/aromatic N) is 1. The van der Waals surface area contributed by atoms with Gasteiger partial charge in [0.25, 0.3) is 5.91 Å². The Bertz CT molecular complexity index is 910. The minimum atomic E-state index is -0.258. The Morgan fingerprint density at radius 3 is 2.74 bits per heavy atom. The third-order valence-corrected chi connectivity index (χ3v) is 4.65. The molecule has 0 saturated heterocycles. The van der Waals surface area contributed by atoms with E-state index in [9.17, 15) is 4.79 Å². The summed E-state index contributed by atoms with van der Waals surface area (Å²) in [6, 6.07) is 12.8. The van der Waals surface area contributed by atoms with Crippen molar-refractivity contribution < 1.29 is 19.0 Å². The lowest BCUT2D eigenvalue weighted by Gasteiger charge is -2.10. The molecule has 0 atom stereocenters. The normalized spacial score (nSPS) is 10.7. The zero-order valence-corrected chi connectivity index (χ0v) is 16.2. The zero-order valence-electron chi connectivity index (χ0n) is 15.4. The van der Waals surface area contributed by atoms with Gasteiger partial charge < -0.3 is 14.2 Å². The second-order valence-electron chi connectivity index (χ2n) is 5.58. The van der Waals surface area contributed by atoms with Crippen LogP contribution in [0.15, 0.2) is 42.5 Å². The van der Waals surface area contributed by atoms with E-state index in [2.05, 4.69) is 10.3 Å². The van der Waals surface area contributed by atoms with Crippen molar-refractivity contribution in [3.05, 3.63) is 48.0 Å². The highest BCUT2D eigenvalue weighted by molar-refractivity contribution is 7.22. The number of rotatable bonds is 9. The average Bonchev–Trinajstić information content (AvgIpc) is 3.07. The molecule has 0 spiro atoms. The lowest BCUT2D eigenvalue weighted by Crippen LogP contribution is -2.15. The number of anilines is 1. The molecule has 0 unspecified atom stereocenters. The van der Waals surface area contributed by atoms with Gasteiger partial charge in [-0.05, 0) is 44.2 Å². The molecule has 3 aromatic rings. The molecule has 0 aliphatic rings. The van der Waals surface area contributed by atoms with Crippen LogP contribution in [0.2, 0.25) is 0 Å². The summed E-state index contributed by atoms with van der Waals surface area (Å²) < 4.78 is 17.4. The summed E-state index contributed by atoms with van der Waals surface area (Å²) in [5.74, 6) is 1.06. The number of hydrogen-bond donors (Lipinski definition) is 1. The van der Waals surface area contributed by atoms with Gasteiger partial charge in [0.1, 0.15) is 18.1 Å². The maximum Gasteiger partial charge on any atom is 0.261 e. The van der Waals surface area contributed by atoms with Crippen molar-refractivity contribution in [1.82, 2.24) is 4.98 Å². The van der Waals surface area contributed by atoms with Crippen molar-refractivity contribution in [2.45, 2.75) is 13.8 Å². The van der Waals surface area contributed by atoms with Crippen LogP contribution in [0.5, 0.6) is 11.5 Å². The van der Waals surface area contributed by atoms with E-state index < -0.39 is 0 Å². The van der Waals surface area contributed by atoms with E-state index in [4.69, 9.17) is 14.2 Å². The Hall–Kier alpha value is -2.64. The zero-order chi connectivity index (χ0) is 19.1. The monoisotopic (exact) mass is 386 g/mol. The van der Waals surface area contributed by atoms with Crippen molar-refractivity contribution >= 4 is 32.6 Å². The van der Waals surface area contributed by atoms with Crippen molar-refractivity contribution in [1.29, 1.82) is 0 Å². The lowest BCUT2D eigenvalue weighted by molar-refractivity contribution is 0.0998. The van der Waals surface area contributed by atoms with E-state index in [1.165, 1.54) is 11.3 Å². The fourth-order valence-electron chi connectivity index (χ4n) is 2.51. The second-order valence-corrected chi connectivity index (χ2v) is 6.61. The Labute approximate surface area is 162 Å². The topological polar surface area (TPSA) is 69.7 Å². The Kier molecular flexibility index (Phi) is 6.62. The average molecular weight is 386 g/mol. The SMILES string of the molecule is CCOCCOc1ccccc1C(=O)Nc1nc2ccc(OCC)cc2s1. The molecule has 7 heteroatoms. The van der Waals surface area contributed by atoms with Crippen LogP contribution < -0.4 is 14.8 Å². The van der Waals surface area contributed by atoms with Crippen LogP contribution in [0.1, 0.15) is 24.2 Å². The lowest BCUT2D eigenvalue weighted by atomic mass is 10.2. The number of aromatic nitrogens is 1. The second kappa shape index (κ2) is 9.34. The number of ether oxygens (including phenoxy) is 3. The number of thiazole rings is 1. The highest BCUT2D eigenvalue weighted by atomic mass is 32.1. The highest BCUT2D eigenvalue weighted by Gasteiger charge is 2.15. The molecule has 1 heterocycles. The van der Waals surface area contributed by atoms with Crippen LogP contribution in [0, 0.1) is 0 Å². The molecule has 1 N–H and O–H groups in total. The molecule has 3 rings (SSSR count). The highest BCUT2D eigenvalue weighted by Crippen LogP contribution is 2.30. The van der Waals surface area contributed by atoms with Gasteiger partial charge in [-0.1, -0.05) is 23.5 Å². The predicted octanol–water partition coefficient (Wildman–Crippen LogP) is 4.36. The molecule has 0 bridgehead atoms. The smallest absolute Gasteiger partial charge is 0.261 e. The van der Waals surface area contributed by atoms with Crippen LogP contribution in [0.4, 0.5) is 5.13 Å². The van der Waals surface area contributed by atoms with E-state index in [1.807, 2.05) is 38.1 Å². The minimum Gasteiger partial charge on any atom is -0.494 e. The number of amides is 1. The number of benzene rings is 2. The summed E-state index contributed by atoms with van der Waals surface area (Å²) in [7, 11) is 0. The van der Waals surface area contributed by atoms with E-state index in [0.29, 0.717) is 42.9 Å². The third kappa shape index (κ3) is 4.96. The predicted molar refractivity (Wildman–Crippen MR) is 107 cm³/mol. The van der Waals surface area contributed by atoms with E-state index in [-0.39, 0.29) is 5.91 Å². The number of carbonyl (C=O) groups is 1. The molecule has 1 amide bonds. The van der Waals surface area contributed by atoms with Gasteiger partial charge in [-0.2, -0.15) is 0 Å². The van der Waals surface area contributed by atoms with Gasteiger partial charge in [0.05, 0.1) is 29.0 Å². The van der Waals surface area contributed by atoms with Crippen LogP contribution in [0.25, 0.3) is 10.2 Å². The standard InChI is InChI=1S/C20H22N2O4S/c1-3-24-11-12-26-17-8-6-5-7-15(17)19(23)22-20-21-16-10-9-14(25-4-2)13-18(16)27-20/h5-10,13H,3-4,11-12H2,1-2H3,(H,21,22,23). The van der Waals surface area contributed by atoms with Gasteiger partial charge in [0.2, 0.25) is 0 Å². The van der Waals surface area contributed by atoms with Gasteiger partial charge in [0, 0.05) is 6.61 Å². The van der Waals surface area contributed by atoms with Gasteiger partial charge in [-0.15, -0.1) is 0 Å². The molecule has 2 aromatic carbocycles. The van der Waals surface area contributed by atoms with Crippen molar-refractivity contribution in [3.63, 3.8) is 0 Å². The summed E-state index contributed by atoms with van der Waals surface area (Å²) in [5, 5.41) is 3.39. The van der Waals surface area contributed by atoms with Gasteiger partial charge >= 0.3 is 0 Å². The number of para-hydroxylation sites is 1. The summed E-state index contributed by atoms with van der Waals surface area (Å²) in [4.78, 5) is 17.2. The van der Waals surface area contributed by atoms with Crippen LogP contribution in [-0.4, -0.2) is 37.3 Å². The molecule has 6 nitrogen and oxygen atoms in total. The molecule has 27 heavy (non-hydrogen) atoms. The van der Waals surface area contributed by atoms with E-state index in [1.54, 1.807) is 18.2 Å². The van der Waals surface area contributed by atoms with Crippen molar-refractivity contribution in [2.75, 3.05) is 31.7 Å². The maximum atomic E-state index is 12.7. The molecule has 1 aromatic heterocycles. The first-order chi connectivity index (χ1) is 13.2. The molecule has 142 valence electrons. The van der Waals surface area contributed by atoms with Crippen LogP contribution in [-0.2, 0) is 4.74 Å². The number of hydrogen-bond acceptors (Lipinski definition) is 6. The van der Waals surface area contributed by atoms with Crippen LogP contribution >= 0.6 is 11.3 Å². The van der Waals surface area contributed by atoms with Gasteiger partial charge in [-0.25, -0.2) is 4.98 Å². The summed E-state index contributed by atoms with van der Waals surface area (Å²) in [6.07, 6.45) is 0. The third-order valence-electron chi connectivity index (χ3n) is 3.71. The molecular weight excluding hydrogens is 364 g/mol. The van der Waals surface area contributed by atoms with Crippen LogP contribution in [0.3, 0.4) is 0 Å². The molecule has 0 aliphatic heterocycles. The van der Waals surface area contributed by atoms with Gasteiger partial charge in [0.15, 0.2) is 5.13 Å². The number of carbonyl (C=O) groups excluding carboxylic acids is 1. The first-order valence-electron chi connectivity index (χ1n) is 8.85. The Morgan fingerprint density at radius 2 is 1.93 bits per heavy atom. The van der Waals surface area contributed by atoms with Gasteiger partial charge in [-0.3, -0.25) is 10.1 Å². The van der Waals surface area contributed by atoms with E-state index >= 15 is 0 Å². The Balaban J connectivity index is 1.72. The largest absolute Gasteiger partial charge is 0.494 e. The summed E-state index contributed by atoms with van der Waals surface area (Å²) in [5.41, 5.74) is 1.28. The molecule has 0 fully saturated rings. The van der Waals surface area contributed by atoms with E-state index in [0.717, 1.165) is 16.0 Å². The molecular formula is C20H22N2O4S.